The summed E-state index contributed by atoms with van der Waals surface area (Å²) in [7, 11) is 0. The molecule has 0 radical (unpaired) electrons. The van der Waals surface area contributed by atoms with E-state index in [-0.39, 0.29) is 5.84 Å². The molecule has 1 rings (SSSR count). The van der Waals surface area contributed by atoms with E-state index in [2.05, 4.69) is 22.3 Å². The van der Waals surface area contributed by atoms with Crippen molar-refractivity contribution in [1.82, 2.24) is 10.2 Å². The molecule has 82 valence electrons. The lowest BCUT2D eigenvalue weighted by molar-refractivity contribution is 0.316. The highest BCUT2D eigenvalue weighted by atomic mass is 16.4. The molecule has 5 heteroatoms. The van der Waals surface area contributed by atoms with Gasteiger partial charge in [-0.05, 0) is 32.0 Å². The topological polar surface area (TPSA) is 73.9 Å². The second kappa shape index (κ2) is 5.82. The van der Waals surface area contributed by atoms with Gasteiger partial charge in [-0.1, -0.05) is 12.1 Å². The van der Waals surface area contributed by atoms with Crippen molar-refractivity contribution in [2.75, 3.05) is 32.7 Å². The van der Waals surface area contributed by atoms with Crippen molar-refractivity contribution < 1.29 is 5.21 Å². The third-order valence-corrected chi connectivity index (χ3v) is 2.68. The number of oxime groups is 1. The number of likely N-dealkylation sites (tertiary alicyclic amines) is 1. The van der Waals surface area contributed by atoms with E-state index in [1.807, 2.05) is 0 Å². The normalized spacial score (nSPS) is 24.4. The number of hydrogen-bond acceptors (Lipinski definition) is 4. The lowest BCUT2D eigenvalue weighted by atomic mass is 10.1. The van der Waals surface area contributed by atoms with Crippen molar-refractivity contribution in [2.45, 2.75) is 13.3 Å². The number of hydrogen-bond donors (Lipinski definition) is 3. The zero-order chi connectivity index (χ0) is 10.4. The minimum Gasteiger partial charge on any atom is -0.409 e. The smallest absolute Gasteiger partial charge is 0.153 e. The van der Waals surface area contributed by atoms with Gasteiger partial charge in [0.2, 0.25) is 0 Å². The largest absolute Gasteiger partial charge is 0.409 e. The van der Waals surface area contributed by atoms with Crippen LogP contribution in [0.25, 0.3) is 0 Å². The predicted octanol–water partition coefficient (Wildman–Crippen LogP) is -0.336. The molecular formula is C9H20N4O. The Labute approximate surface area is 84.9 Å². The minimum atomic E-state index is 0.246. The van der Waals surface area contributed by atoms with Crippen LogP contribution in [0, 0.1) is 5.92 Å². The van der Waals surface area contributed by atoms with Crippen molar-refractivity contribution >= 4 is 5.84 Å². The van der Waals surface area contributed by atoms with Gasteiger partial charge in [0.1, 0.15) is 0 Å². The first-order valence-electron chi connectivity index (χ1n) is 5.15. The van der Waals surface area contributed by atoms with Gasteiger partial charge in [0.05, 0.1) is 6.54 Å². The van der Waals surface area contributed by atoms with Crippen LogP contribution in [0.15, 0.2) is 5.16 Å². The van der Waals surface area contributed by atoms with E-state index in [4.69, 9.17) is 10.9 Å². The molecule has 0 aromatic carbocycles. The first-order chi connectivity index (χ1) is 6.76. The molecule has 0 saturated carbocycles. The molecule has 1 heterocycles. The predicted molar refractivity (Wildman–Crippen MR) is 56.5 cm³/mol. The van der Waals surface area contributed by atoms with Crippen molar-refractivity contribution in [3.8, 4) is 0 Å². The first kappa shape index (κ1) is 11.3. The van der Waals surface area contributed by atoms with Gasteiger partial charge in [0.25, 0.3) is 0 Å². The summed E-state index contributed by atoms with van der Waals surface area (Å²) in [6.07, 6.45) is 1.25. The van der Waals surface area contributed by atoms with E-state index in [1.54, 1.807) is 0 Å². The van der Waals surface area contributed by atoms with E-state index in [1.165, 1.54) is 19.5 Å². The average Bonchev–Trinajstić information content (AvgIpc) is 2.65. The molecule has 0 spiro atoms. The summed E-state index contributed by atoms with van der Waals surface area (Å²) in [5.41, 5.74) is 5.34. The van der Waals surface area contributed by atoms with E-state index < -0.39 is 0 Å². The molecule has 0 bridgehead atoms. The maximum atomic E-state index is 8.32. The maximum absolute atomic E-state index is 8.32. The Morgan fingerprint density at radius 3 is 3.07 bits per heavy atom. The summed E-state index contributed by atoms with van der Waals surface area (Å²) in [6.45, 7) is 7.11. The Morgan fingerprint density at radius 2 is 2.50 bits per heavy atom. The summed E-state index contributed by atoms with van der Waals surface area (Å²) in [6, 6.07) is 0. The second-order valence-corrected chi connectivity index (χ2v) is 3.77. The molecular weight excluding hydrogens is 180 g/mol. The SMILES string of the molecule is CCN1CCC(CNCC(N)=NO)C1. The third-order valence-electron chi connectivity index (χ3n) is 2.68. The molecule has 1 unspecified atom stereocenters. The summed E-state index contributed by atoms with van der Waals surface area (Å²) in [5, 5.41) is 14.4. The van der Waals surface area contributed by atoms with Gasteiger partial charge in [-0.25, -0.2) is 0 Å². The van der Waals surface area contributed by atoms with Gasteiger partial charge in [0.15, 0.2) is 5.84 Å². The number of nitrogens with zero attached hydrogens (tertiary/aromatic N) is 2. The average molecular weight is 200 g/mol. The number of amidine groups is 1. The van der Waals surface area contributed by atoms with Crippen LogP contribution in [-0.2, 0) is 0 Å². The van der Waals surface area contributed by atoms with Crippen molar-refractivity contribution in [2.24, 2.45) is 16.8 Å². The molecule has 1 aliphatic heterocycles. The summed E-state index contributed by atoms with van der Waals surface area (Å²) >= 11 is 0. The highest BCUT2D eigenvalue weighted by Crippen LogP contribution is 2.14. The van der Waals surface area contributed by atoms with Crippen LogP contribution >= 0.6 is 0 Å². The maximum Gasteiger partial charge on any atom is 0.153 e. The fraction of sp³-hybridized carbons (Fsp3) is 0.889. The molecule has 1 fully saturated rings. The molecule has 4 N–H and O–H groups in total. The molecule has 0 aliphatic carbocycles. The molecule has 0 amide bonds. The first-order valence-corrected chi connectivity index (χ1v) is 5.15. The molecule has 5 nitrogen and oxygen atoms in total. The molecule has 0 aromatic heterocycles. The Balaban J connectivity index is 2.08. The number of nitrogens with one attached hydrogen (secondary N) is 1. The Kier molecular flexibility index (Phi) is 4.69. The zero-order valence-electron chi connectivity index (χ0n) is 8.74. The van der Waals surface area contributed by atoms with Crippen LogP contribution < -0.4 is 11.1 Å². The van der Waals surface area contributed by atoms with Gasteiger partial charge in [-0.3, -0.25) is 0 Å². The lowest BCUT2D eigenvalue weighted by Gasteiger charge is -2.13. The standard InChI is InChI=1S/C9H20N4O/c1-2-13-4-3-8(7-13)5-11-6-9(10)12-14/h8,11,14H,2-7H2,1H3,(H2,10,12). The Bertz CT molecular complexity index is 195. The van der Waals surface area contributed by atoms with Crippen LogP contribution in [-0.4, -0.2) is 48.7 Å². The number of rotatable bonds is 5. The van der Waals surface area contributed by atoms with Crippen LogP contribution in [0.2, 0.25) is 0 Å². The van der Waals surface area contributed by atoms with Crippen LogP contribution in [0.1, 0.15) is 13.3 Å². The number of nitrogens with two attached hydrogens (primary N) is 1. The summed E-state index contributed by atoms with van der Waals surface area (Å²) in [5.74, 6) is 0.955. The highest BCUT2D eigenvalue weighted by molar-refractivity contribution is 5.81. The van der Waals surface area contributed by atoms with Crippen molar-refractivity contribution in [3.05, 3.63) is 0 Å². The quantitative estimate of drug-likeness (QED) is 0.246. The van der Waals surface area contributed by atoms with Gasteiger partial charge >= 0.3 is 0 Å². The third kappa shape index (κ3) is 3.51. The summed E-state index contributed by atoms with van der Waals surface area (Å²) < 4.78 is 0. The zero-order valence-corrected chi connectivity index (χ0v) is 8.74. The fourth-order valence-corrected chi connectivity index (χ4v) is 1.81. The summed E-state index contributed by atoms with van der Waals surface area (Å²) in [4.78, 5) is 2.44. The van der Waals surface area contributed by atoms with Gasteiger partial charge < -0.3 is 21.2 Å². The molecule has 1 saturated heterocycles. The van der Waals surface area contributed by atoms with Crippen LogP contribution in [0.4, 0.5) is 0 Å². The Morgan fingerprint density at radius 1 is 1.71 bits per heavy atom. The van der Waals surface area contributed by atoms with Crippen molar-refractivity contribution in [1.29, 1.82) is 0 Å². The molecule has 1 aliphatic rings. The van der Waals surface area contributed by atoms with Gasteiger partial charge in [-0.2, -0.15) is 0 Å². The van der Waals surface area contributed by atoms with E-state index in [0.717, 1.165) is 13.1 Å². The highest BCUT2D eigenvalue weighted by Gasteiger charge is 2.20. The van der Waals surface area contributed by atoms with Crippen molar-refractivity contribution in [3.63, 3.8) is 0 Å². The fourth-order valence-electron chi connectivity index (χ4n) is 1.81. The molecule has 14 heavy (non-hydrogen) atoms. The minimum absolute atomic E-state index is 0.246. The van der Waals surface area contributed by atoms with Crippen LogP contribution in [0.5, 0.6) is 0 Å². The van der Waals surface area contributed by atoms with E-state index in [9.17, 15) is 0 Å². The lowest BCUT2D eigenvalue weighted by Crippen LogP contribution is -2.33. The van der Waals surface area contributed by atoms with E-state index >= 15 is 0 Å². The van der Waals surface area contributed by atoms with Gasteiger partial charge in [0, 0.05) is 6.54 Å². The Hall–Kier alpha value is -0.810. The molecule has 0 aromatic rings. The molecule has 1 atom stereocenters. The monoisotopic (exact) mass is 200 g/mol. The second-order valence-electron chi connectivity index (χ2n) is 3.77. The van der Waals surface area contributed by atoms with Crippen LogP contribution in [0.3, 0.4) is 0 Å². The van der Waals surface area contributed by atoms with E-state index in [0.29, 0.717) is 12.5 Å². The van der Waals surface area contributed by atoms with Gasteiger partial charge in [-0.15, -0.1) is 0 Å².